The second-order valence-corrected chi connectivity index (χ2v) is 8.66. The Labute approximate surface area is 180 Å². The van der Waals surface area contributed by atoms with Gasteiger partial charge in [0.05, 0.1) is 0 Å². The van der Waals surface area contributed by atoms with Gasteiger partial charge in [-0.25, -0.2) is 0 Å². The number of ether oxygens (including phenoxy) is 1. The average molecular weight is 393 g/mol. The van der Waals surface area contributed by atoms with Gasteiger partial charge >= 0.3 is 0 Å². The van der Waals surface area contributed by atoms with Gasteiger partial charge in [0.2, 0.25) is 0 Å². The molecule has 0 saturated carbocycles. The molecule has 0 atom stereocenters. The van der Waals surface area contributed by atoms with E-state index in [4.69, 9.17) is 4.74 Å². The first kappa shape index (κ1) is 20.0. The van der Waals surface area contributed by atoms with Crippen molar-refractivity contribution in [3.8, 4) is 5.75 Å². The molecule has 0 heterocycles. The first-order valence-electron chi connectivity index (χ1n) is 10.5. The Kier molecular flexibility index (Phi) is 5.46. The van der Waals surface area contributed by atoms with E-state index in [2.05, 4.69) is 118 Å². The Bertz CT molecular complexity index is 963. The zero-order valence-electron chi connectivity index (χ0n) is 17.9. The molecule has 0 N–H and O–H groups in total. The van der Waals surface area contributed by atoms with E-state index in [0.29, 0.717) is 0 Å². The molecule has 0 aromatic heterocycles. The van der Waals surface area contributed by atoms with Crippen molar-refractivity contribution in [2.24, 2.45) is 0 Å². The molecule has 0 radical (unpaired) electrons. The van der Waals surface area contributed by atoms with Crippen LogP contribution in [-0.2, 0) is 11.0 Å². The van der Waals surface area contributed by atoms with Gasteiger partial charge in [0.25, 0.3) is 0 Å². The van der Waals surface area contributed by atoms with E-state index < -0.39 is 5.60 Å². The molecule has 4 aromatic rings. The lowest BCUT2D eigenvalue weighted by Gasteiger charge is -2.36. The van der Waals surface area contributed by atoms with Gasteiger partial charge in [0, 0.05) is 16.7 Å². The quantitative estimate of drug-likeness (QED) is 0.322. The summed E-state index contributed by atoms with van der Waals surface area (Å²) in [7, 11) is 0. The molecule has 1 heteroatoms. The Morgan fingerprint density at radius 1 is 0.433 bits per heavy atom. The molecule has 0 bridgehead atoms. The van der Waals surface area contributed by atoms with Crippen molar-refractivity contribution in [3.05, 3.63) is 138 Å². The van der Waals surface area contributed by atoms with Gasteiger partial charge in [-0.3, -0.25) is 0 Å². The molecule has 30 heavy (non-hydrogen) atoms. The van der Waals surface area contributed by atoms with Crippen molar-refractivity contribution < 1.29 is 4.74 Å². The molecule has 0 fully saturated rings. The second kappa shape index (κ2) is 8.20. The molecule has 0 aliphatic heterocycles. The van der Waals surface area contributed by atoms with Crippen LogP contribution in [0.1, 0.15) is 43.0 Å². The molecular formula is C29H28O. The molecule has 0 aliphatic carbocycles. The lowest BCUT2D eigenvalue weighted by atomic mass is 9.80. The standard InChI is InChI=1S/C29H28O/c1-28(2,3)23-19-21-27(22-20-23)30-29(24-13-7-4-8-14-24,25-15-9-5-10-16-25)26-17-11-6-12-18-26/h4-22H,1-3H3. The topological polar surface area (TPSA) is 9.23 Å². The van der Waals surface area contributed by atoms with Crippen molar-refractivity contribution in [2.45, 2.75) is 31.8 Å². The van der Waals surface area contributed by atoms with E-state index in [-0.39, 0.29) is 5.41 Å². The highest BCUT2D eigenvalue weighted by molar-refractivity contribution is 5.49. The predicted octanol–water partition coefficient (Wildman–Crippen LogP) is 7.36. The SMILES string of the molecule is CC(C)(C)c1ccc(OC(c2ccccc2)(c2ccccc2)c2ccccc2)cc1. The van der Waals surface area contributed by atoms with Gasteiger partial charge in [-0.05, 0) is 23.1 Å². The summed E-state index contributed by atoms with van der Waals surface area (Å²) in [5.41, 5.74) is 3.95. The molecule has 1 nitrogen and oxygen atoms in total. The van der Waals surface area contributed by atoms with Gasteiger partial charge in [-0.15, -0.1) is 0 Å². The summed E-state index contributed by atoms with van der Waals surface area (Å²) in [5.74, 6) is 0.847. The zero-order valence-corrected chi connectivity index (χ0v) is 17.9. The summed E-state index contributed by atoms with van der Waals surface area (Å²) in [6, 6.07) is 39.9. The van der Waals surface area contributed by atoms with Gasteiger partial charge in [-0.1, -0.05) is 124 Å². The molecule has 0 saturated heterocycles. The normalized spacial score (nSPS) is 11.8. The van der Waals surface area contributed by atoms with Crippen LogP contribution in [0.25, 0.3) is 0 Å². The van der Waals surface area contributed by atoms with Crippen LogP contribution in [0.4, 0.5) is 0 Å². The van der Waals surface area contributed by atoms with E-state index >= 15 is 0 Å². The summed E-state index contributed by atoms with van der Waals surface area (Å²) >= 11 is 0. The third-order valence-electron chi connectivity index (χ3n) is 5.53. The van der Waals surface area contributed by atoms with E-state index in [9.17, 15) is 0 Å². The molecule has 0 spiro atoms. The first-order valence-corrected chi connectivity index (χ1v) is 10.5. The Hall–Kier alpha value is -3.32. The fraction of sp³-hybridized carbons (Fsp3) is 0.172. The summed E-state index contributed by atoms with van der Waals surface area (Å²) in [4.78, 5) is 0. The van der Waals surface area contributed by atoms with Crippen LogP contribution in [0.2, 0.25) is 0 Å². The minimum Gasteiger partial charge on any atom is -0.473 e. The van der Waals surface area contributed by atoms with Crippen LogP contribution in [0, 0.1) is 0 Å². The molecule has 0 amide bonds. The lowest BCUT2D eigenvalue weighted by molar-refractivity contribution is 0.155. The number of benzene rings is 4. The maximum Gasteiger partial charge on any atom is 0.184 e. The molecule has 150 valence electrons. The van der Waals surface area contributed by atoms with E-state index in [1.807, 2.05) is 18.2 Å². The van der Waals surface area contributed by atoms with E-state index in [1.54, 1.807) is 0 Å². The summed E-state index contributed by atoms with van der Waals surface area (Å²) in [5, 5.41) is 0. The minimum atomic E-state index is -0.743. The summed E-state index contributed by atoms with van der Waals surface area (Å²) in [6.07, 6.45) is 0. The van der Waals surface area contributed by atoms with Crippen molar-refractivity contribution in [1.29, 1.82) is 0 Å². The number of hydrogen-bond acceptors (Lipinski definition) is 1. The number of rotatable bonds is 5. The monoisotopic (exact) mass is 392 g/mol. The largest absolute Gasteiger partial charge is 0.473 e. The fourth-order valence-corrected chi connectivity index (χ4v) is 3.90. The van der Waals surface area contributed by atoms with Crippen LogP contribution in [0.3, 0.4) is 0 Å². The summed E-state index contributed by atoms with van der Waals surface area (Å²) < 4.78 is 6.93. The van der Waals surface area contributed by atoms with Crippen molar-refractivity contribution in [2.75, 3.05) is 0 Å². The van der Waals surface area contributed by atoms with Crippen molar-refractivity contribution in [1.82, 2.24) is 0 Å². The third-order valence-corrected chi connectivity index (χ3v) is 5.53. The predicted molar refractivity (Wildman–Crippen MR) is 125 cm³/mol. The zero-order chi connectivity index (χ0) is 21.0. The van der Waals surface area contributed by atoms with E-state index in [1.165, 1.54) is 5.56 Å². The molecule has 4 aromatic carbocycles. The molecule has 4 rings (SSSR count). The average Bonchev–Trinajstić information content (AvgIpc) is 2.79. The first-order chi connectivity index (χ1) is 14.5. The molecule has 0 aliphatic rings. The Morgan fingerprint density at radius 3 is 1.13 bits per heavy atom. The Balaban J connectivity index is 1.91. The van der Waals surface area contributed by atoms with Gasteiger partial charge in [0.1, 0.15) is 5.75 Å². The van der Waals surface area contributed by atoms with Crippen LogP contribution < -0.4 is 4.74 Å². The highest BCUT2D eigenvalue weighted by Gasteiger charge is 2.38. The molecule has 0 unspecified atom stereocenters. The fourth-order valence-electron chi connectivity index (χ4n) is 3.90. The molecular weight excluding hydrogens is 364 g/mol. The van der Waals surface area contributed by atoms with Crippen LogP contribution in [0.5, 0.6) is 5.75 Å². The third kappa shape index (κ3) is 3.89. The maximum absolute atomic E-state index is 6.93. The minimum absolute atomic E-state index is 0.105. The van der Waals surface area contributed by atoms with Crippen LogP contribution >= 0.6 is 0 Å². The summed E-state index contributed by atoms with van der Waals surface area (Å²) in [6.45, 7) is 6.68. The Morgan fingerprint density at radius 2 is 0.800 bits per heavy atom. The van der Waals surface area contributed by atoms with Gasteiger partial charge < -0.3 is 4.74 Å². The van der Waals surface area contributed by atoms with Crippen molar-refractivity contribution in [3.63, 3.8) is 0 Å². The lowest BCUT2D eigenvalue weighted by Crippen LogP contribution is -2.36. The van der Waals surface area contributed by atoms with Crippen LogP contribution in [0.15, 0.2) is 115 Å². The second-order valence-electron chi connectivity index (χ2n) is 8.66. The van der Waals surface area contributed by atoms with Crippen LogP contribution in [-0.4, -0.2) is 0 Å². The highest BCUT2D eigenvalue weighted by atomic mass is 16.5. The van der Waals surface area contributed by atoms with E-state index in [0.717, 1.165) is 22.4 Å². The van der Waals surface area contributed by atoms with Crippen molar-refractivity contribution >= 4 is 0 Å². The van der Waals surface area contributed by atoms with Gasteiger partial charge in [-0.2, -0.15) is 0 Å². The van der Waals surface area contributed by atoms with Gasteiger partial charge in [0.15, 0.2) is 5.60 Å². The number of hydrogen-bond donors (Lipinski definition) is 0. The smallest absolute Gasteiger partial charge is 0.184 e. The highest BCUT2D eigenvalue weighted by Crippen LogP contribution is 2.41. The maximum atomic E-state index is 6.93.